The summed E-state index contributed by atoms with van der Waals surface area (Å²) in [5.74, 6) is 0.0902. The number of benzene rings is 1. The van der Waals surface area contributed by atoms with Gasteiger partial charge in [-0.3, -0.25) is 4.79 Å². The van der Waals surface area contributed by atoms with Crippen molar-refractivity contribution in [2.24, 2.45) is 5.92 Å². The van der Waals surface area contributed by atoms with Crippen molar-refractivity contribution < 1.29 is 14.3 Å². The van der Waals surface area contributed by atoms with E-state index in [1.165, 1.54) is 0 Å². The summed E-state index contributed by atoms with van der Waals surface area (Å²) < 4.78 is 6.46. The lowest BCUT2D eigenvalue weighted by molar-refractivity contribution is 0.0902. The standard InChI is InChI=1S/C14H15BrN2O3/c15-10-1-2-12-8(3-10)4-13(20-12)14(19)17-6-9-5-16-7-11(9)18/h1-4,9,11,16,18H,5-7H2,(H,17,19). The second-order valence-electron chi connectivity index (χ2n) is 4.99. The Morgan fingerprint density at radius 2 is 2.30 bits per heavy atom. The van der Waals surface area contributed by atoms with E-state index < -0.39 is 6.10 Å². The topological polar surface area (TPSA) is 74.5 Å². The molecule has 20 heavy (non-hydrogen) atoms. The number of furan rings is 1. The van der Waals surface area contributed by atoms with Gasteiger partial charge < -0.3 is 20.2 Å². The molecule has 0 saturated carbocycles. The number of halogens is 1. The van der Waals surface area contributed by atoms with Crippen molar-refractivity contribution in [2.75, 3.05) is 19.6 Å². The van der Waals surface area contributed by atoms with E-state index in [0.29, 0.717) is 31.0 Å². The first-order valence-corrected chi connectivity index (χ1v) is 7.29. The first kappa shape index (κ1) is 13.6. The maximum Gasteiger partial charge on any atom is 0.287 e. The van der Waals surface area contributed by atoms with Crippen LogP contribution in [0, 0.1) is 5.92 Å². The third-order valence-electron chi connectivity index (χ3n) is 3.53. The number of rotatable bonds is 3. The highest BCUT2D eigenvalue weighted by Gasteiger charge is 2.25. The van der Waals surface area contributed by atoms with Crippen LogP contribution in [0.2, 0.25) is 0 Å². The van der Waals surface area contributed by atoms with Gasteiger partial charge in [0.15, 0.2) is 5.76 Å². The molecule has 2 aromatic rings. The minimum atomic E-state index is -0.401. The number of nitrogens with one attached hydrogen (secondary N) is 2. The van der Waals surface area contributed by atoms with E-state index in [4.69, 9.17) is 4.42 Å². The summed E-state index contributed by atoms with van der Waals surface area (Å²) in [5, 5.41) is 16.4. The lowest BCUT2D eigenvalue weighted by Crippen LogP contribution is -2.34. The number of β-amino-alcohol motifs (C(OH)–C–C–N with tert-alkyl or cyclic N) is 1. The minimum Gasteiger partial charge on any atom is -0.451 e. The van der Waals surface area contributed by atoms with E-state index in [1.807, 2.05) is 18.2 Å². The number of carbonyl (C=O) groups is 1. The SMILES string of the molecule is O=C(NCC1CNCC1O)c1cc2cc(Br)ccc2o1. The van der Waals surface area contributed by atoms with E-state index in [1.54, 1.807) is 6.07 Å². The van der Waals surface area contributed by atoms with Gasteiger partial charge >= 0.3 is 0 Å². The summed E-state index contributed by atoms with van der Waals surface area (Å²) in [5.41, 5.74) is 0.681. The monoisotopic (exact) mass is 338 g/mol. The molecule has 6 heteroatoms. The molecule has 5 nitrogen and oxygen atoms in total. The summed E-state index contributed by atoms with van der Waals surface area (Å²) in [6.07, 6.45) is -0.401. The highest BCUT2D eigenvalue weighted by Crippen LogP contribution is 2.23. The molecule has 3 rings (SSSR count). The van der Waals surface area contributed by atoms with Crippen LogP contribution in [0.15, 0.2) is 33.2 Å². The van der Waals surface area contributed by atoms with Gasteiger partial charge in [-0.1, -0.05) is 15.9 Å². The van der Waals surface area contributed by atoms with Gasteiger partial charge in [0.05, 0.1) is 6.10 Å². The number of hydrogen-bond donors (Lipinski definition) is 3. The smallest absolute Gasteiger partial charge is 0.287 e. The second kappa shape index (κ2) is 5.55. The molecule has 106 valence electrons. The van der Waals surface area contributed by atoms with Crippen LogP contribution in [0.3, 0.4) is 0 Å². The van der Waals surface area contributed by atoms with Gasteiger partial charge in [0, 0.05) is 35.4 Å². The maximum absolute atomic E-state index is 12.0. The quantitative estimate of drug-likeness (QED) is 0.792. The second-order valence-corrected chi connectivity index (χ2v) is 5.90. The van der Waals surface area contributed by atoms with Gasteiger partial charge in [-0.25, -0.2) is 0 Å². The van der Waals surface area contributed by atoms with Crippen molar-refractivity contribution in [1.29, 1.82) is 0 Å². The van der Waals surface area contributed by atoms with Gasteiger partial charge in [0.25, 0.3) is 5.91 Å². The van der Waals surface area contributed by atoms with E-state index in [-0.39, 0.29) is 11.8 Å². The molecule has 1 saturated heterocycles. The van der Waals surface area contributed by atoms with Crippen molar-refractivity contribution in [3.05, 3.63) is 34.5 Å². The predicted octanol–water partition coefficient (Wildman–Crippen LogP) is 1.51. The van der Waals surface area contributed by atoms with E-state index in [9.17, 15) is 9.90 Å². The molecule has 0 radical (unpaired) electrons. The number of amides is 1. The molecule has 0 aliphatic carbocycles. The largest absolute Gasteiger partial charge is 0.451 e. The zero-order valence-electron chi connectivity index (χ0n) is 10.7. The molecule has 2 atom stereocenters. The molecule has 2 heterocycles. The molecule has 1 aliphatic rings. The Morgan fingerprint density at radius 1 is 1.45 bits per heavy atom. The molecule has 0 bridgehead atoms. The zero-order valence-corrected chi connectivity index (χ0v) is 12.3. The van der Waals surface area contributed by atoms with E-state index in [2.05, 4.69) is 26.6 Å². The molecule has 2 unspecified atom stereocenters. The predicted molar refractivity (Wildman–Crippen MR) is 78.6 cm³/mol. The number of aliphatic hydroxyl groups excluding tert-OH is 1. The number of hydrogen-bond acceptors (Lipinski definition) is 4. The number of fused-ring (bicyclic) bond motifs is 1. The van der Waals surface area contributed by atoms with Crippen molar-refractivity contribution >= 4 is 32.8 Å². The highest BCUT2D eigenvalue weighted by atomic mass is 79.9. The lowest BCUT2D eigenvalue weighted by atomic mass is 10.1. The van der Waals surface area contributed by atoms with Crippen LogP contribution in [0.1, 0.15) is 10.6 Å². The molecule has 0 spiro atoms. The first-order chi connectivity index (χ1) is 9.63. The summed E-state index contributed by atoms with van der Waals surface area (Å²) in [4.78, 5) is 12.0. The van der Waals surface area contributed by atoms with Gasteiger partial charge in [-0.05, 0) is 24.3 Å². The lowest BCUT2D eigenvalue weighted by Gasteiger charge is -2.13. The Labute approximate surface area is 124 Å². The zero-order chi connectivity index (χ0) is 14.1. The van der Waals surface area contributed by atoms with Crippen LogP contribution < -0.4 is 10.6 Å². The van der Waals surface area contributed by atoms with Crippen LogP contribution in [0.4, 0.5) is 0 Å². The number of aliphatic hydroxyl groups is 1. The van der Waals surface area contributed by atoms with Crippen LogP contribution in [-0.2, 0) is 0 Å². The van der Waals surface area contributed by atoms with Crippen LogP contribution in [0.5, 0.6) is 0 Å². The summed E-state index contributed by atoms with van der Waals surface area (Å²) in [6, 6.07) is 7.31. The summed E-state index contributed by atoms with van der Waals surface area (Å²) in [7, 11) is 0. The summed E-state index contributed by atoms with van der Waals surface area (Å²) in [6.45, 7) is 1.74. The maximum atomic E-state index is 12.0. The molecule has 1 fully saturated rings. The Hall–Kier alpha value is -1.37. The van der Waals surface area contributed by atoms with Crippen molar-refractivity contribution in [2.45, 2.75) is 6.10 Å². The molecule has 1 aromatic heterocycles. The van der Waals surface area contributed by atoms with E-state index >= 15 is 0 Å². The minimum absolute atomic E-state index is 0.0532. The van der Waals surface area contributed by atoms with Crippen LogP contribution >= 0.6 is 15.9 Å². The van der Waals surface area contributed by atoms with Crippen molar-refractivity contribution in [1.82, 2.24) is 10.6 Å². The van der Waals surface area contributed by atoms with Crippen LogP contribution in [0.25, 0.3) is 11.0 Å². The number of carbonyl (C=O) groups excluding carboxylic acids is 1. The van der Waals surface area contributed by atoms with Gasteiger partial charge in [0.2, 0.25) is 0 Å². The van der Waals surface area contributed by atoms with Gasteiger partial charge in [0.1, 0.15) is 5.58 Å². The van der Waals surface area contributed by atoms with Crippen molar-refractivity contribution in [3.63, 3.8) is 0 Å². The van der Waals surface area contributed by atoms with E-state index in [0.717, 1.165) is 9.86 Å². The average Bonchev–Trinajstić information content (AvgIpc) is 3.01. The average molecular weight is 339 g/mol. The molecule has 1 aromatic carbocycles. The van der Waals surface area contributed by atoms with Gasteiger partial charge in [-0.2, -0.15) is 0 Å². The fourth-order valence-corrected chi connectivity index (χ4v) is 2.74. The third-order valence-corrected chi connectivity index (χ3v) is 4.02. The Morgan fingerprint density at radius 3 is 3.05 bits per heavy atom. The fraction of sp³-hybridized carbons (Fsp3) is 0.357. The molecular weight excluding hydrogens is 324 g/mol. The van der Waals surface area contributed by atoms with Crippen molar-refractivity contribution in [3.8, 4) is 0 Å². The first-order valence-electron chi connectivity index (χ1n) is 6.49. The molecule has 1 aliphatic heterocycles. The highest BCUT2D eigenvalue weighted by molar-refractivity contribution is 9.10. The molecular formula is C14H15BrN2O3. The molecule has 3 N–H and O–H groups in total. The third kappa shape index (κ3) is 2.72. The fourth-order valence-electron chi connectivity index (χ4n) is 2.36. The Balaban J connectivity index is 1.69. The Kier molecular flexibility index (Phi) is 3.78. The summed E-state index contributed by atoms with van der Waals surface area (Å²) >= 11 is 3.38. The normalized spacial score (nSPS) is 22.3. The van der Waals surface area contributed by atoms with Gasteiger partial charge in [-0.15, -0.1) is 0 Å². The Bertz CT molecular complexity index is 640. The molecule has 1 amide bonds. The van der Waals surface area contributed by atoms with Crippen LogP contribution in [-0.4, -0.2) is 36.8 Å².